The summed E-state index contributed by atoms with van der Waals surface area (Å²) in [7, 11) is -0.503. The van der Waals surface area contributed by atoms with Crippen LogP contribution in [0.25, 0.3) is 10.8 Å². The predicted molar refractivity (Wildman–Crippen MR) is 170 cm³/mol. The Labute approximate surface area is 260 Å². The highest BCUT2D eigenvalue weighted by Gasteiger charge is 2.68. The fraction of sp³-hybridized carbons (Fsp3) is 0.625. The molecule has 2 bridgehead atoms. The molecule has 2 aromatic carbocycles. The lowest BCUT2D eigenvalue weighted by molar-refractivity contribution is -0.822. The van der Waals surface area contributed by atoms with E-state index in [4.69, 9.17) is 20.2 Å². The molecule has 4 fully saturated rings. The quantitative estimate of drug-likeness (QED) is 0.0758. The Morgan fingerprint density at radius 3 is 2.64 bits per heavy atom. The zero-order chi connectivity index (χ0) is 31.6. The molecule has 2 aromatic rings. The van der Waals surface area contributed by atoms with E-state index in [0.717, 1.165) is 29.2 Å². The highest BCUT2D eigenvalue weighted by Crippen LogP contribution is 2.65. The van der Waals surface area contributed by atoms with Gasteiger partial charge in [0.05, 0.1) is 23.7 Å². The molecule has 1 aliphatic heterocycles. The largest absolute Gasteiger partial charge is 0.481 e. The molecule has 1 amide bonds. The van der Waals surface area contributed by atoms with Gasteiger partial charge in [0.2, 0.25) is 5.91 Å². The van der Waals surface area contributed by atoms with Crippen molar-refractivity contribution in [2.24, 2.45) is 33.9 Å². The second-order valence-electron chi connectivity index (χ2n) is 14.0. The topological polar surface area (TPSA) is 150 Å². The highest BCUT2D eigenvalue weighted by atomic mass is 16.7. The molecule has 6 rings (SSSR count). The van der Waals surface area contributed by atoms with E-state index in [1.54, 1.807) is 0 Å². The van der Waals surface area contributed by atoms with Gasteiger partial charge >= 0.3 is 12.2 Å². The summed E-state index contributed by atoms with van der Waals surface area (Å²) in [5, 5.41) is 17.3. The van der Waals surface area contributed by atoms with Crippen molar-refractivity contribution in [1.29, 1.82) is 0 Å². The van der Waals surface area contributed by atoms with Crippen LogP contribution in [0.4, 0.5) is 0 Å². The minimum Gasteiger partial charge on any atom is -0.404 e. The molecule has 0 radical (unpaired) electrons. The number of aliphatic imine (C=N–C) groups is 1. The number of nitrogens with one attached hydrogen (secondary N) is 3. The number of fused-ring (bicyclic) bond motifs is 1. The van der Waals surface area contributed by atoms with Crippen molar-refractivity contribution >= 4 is 29.8 Å². The van der Waals surface area contributed by atoms with Crippen molar-refractivity contribution in [3.8, 4) is 0 Å². The summed E-state index contributed by atoms with van der Waals surface area (Å²) in [5.41, 5.74) is 8.55. The molecule has 1 heterocycles. The number of nitrogens with two attached hydrogens (primary N) is 1. The van der Waals surface area contributed by atoms with Crippen LogP contribution in [0.2, 0.25) is 0 Å². The first kappa shape index (κ1) is 32.2. The second kappa shape index (κ2) is 13.0. The third-order valence-corrected chi connectivity index (χ3v) is 10.2. The summed E-state index contributed by atoms with van der Waals surface area (Å²) in [4.78, 5) is 28.7. The first-order valence-electron chi connectivity index (χ1n) is 15.9. The van der Waals surface area contributed by atoms with E-state index in [9.17, 15) is 9.70 Å². The normalized spacial score (nSPS) is 27.0. The van der Waals surface area contributed by atoms with Gasteiger partial charge in [-0.15, -0.1) is 0 Å². The van der Waals surface area contributed by atoms with Crippen LogP contribution < -0.4 is 21.8 Å². The maximum atomic E-state index is 13.9. The first-order valence-corrected chi connectivity index (χ1v) is 15.9. The molecule has 12 heteroatoms. The van der Waals surface area contributed by atoms with Crippen molar-refractivity contribution < 1.29 is 24.3 Å². The van der Waals surface area contributed by atoms with E-state index in [2.05, 4.69) is 80.6 Å². The van der Waals surface area contributed by atoms with Crippen LogP contribution in [-0.2, 0) is 20.6 Å². The van der Waals surface area contributed by atoms with E-state index >= 15 is 0 Å². The van der Waals surface area contributed by atoms with E-state index in [1.165, 1.54) is 6.42 Å². The summed E-state index contributed by atoms with van der Waals surface area (Å²) in [6, 6.07) is 14.0. The third kappa shape index (κ3) is 6.87. The van der Waals surface area contributed by atoms with Gasteiger partial charge in [0, 0.05) is 13.1 Å². The minimum atomic E-state index is -0.514. The van der Waals surface area contributed by atoms with Gasteiger partial charge in [-0.1, -0.05) is 64.1 Å². The van der Waals surface area contributed by atoms with Crippen molar-refractivity contribution in [3.63, 3.8) is 0 Å². The number of amides is 1. The van der Waals surface area contributed by atoms with Gasteiger partial charge in [0.25, 0.3) is 5.96 Å². The summed E-state index contributed by atoms with van der Waals surface area (Å²) < 4.78 is 13.4. The van der Waals surface area contributed by atoms with Gasteiger partial charge in [-0.3, -0.25) is 4.79 Å². The minimum absolute atomic E-state index is 0.0403. The molecule has 6 atom stereocenters. The molecule has 3 saturated carbocycles. The van der Waals surface area contributed by atoms with Crippen molar-refractivity contribution in [2.75, 3.05) is 6.54 Å². The van der Waals surface area contributed by atoms with E-state index in [0.29, 0.717) is 37.1 Å². The van der Waals surface area contributed by atoms with E-state index < -0.39 is 18.2 Å². The summed E-state index contributed by atoms with van der Waals surface area (Å²) in [6.45, 7) is 12.0. The number of hydrazine groups is 1. The highest BCUT2D eigenvalue weighted by molar-refractivity contribution is 6.47. The van der Waals surface area contributed by atoms with Crippen LogP contribution >= 0.6 is 0 Å². The van der Waals surface area contributed by atoms with Crippen molar-refractivity contribution in [1.82, 2.24) is 16.1 Å². The smallest absolute Gasteiger partial charge is 0.404 e. The van der Waals surface area contributed by atoms with Gasteiger partial charge in [-0.2, -0.15) is 0 Å². The van der Waals surface area contributed by atoms with Crippen molar-refractivity contribution in [2.45, 2.75) is 97.0 Å². The molecule has 0 aromatic heterocycles. The van der Waals surface area contributed by atoms with Gasteiger partial charge < -0.3 is 25.7 Å². The zero-order valence-corrected chi connectivity index (χ0v) is 26.6. The summed E-state index contributed by atoms with van der Waals surface area (Å²) >= 11 is 0. The SMILES string of the molecule is CC(C)C[C@H](NC(=O)[C@H](CCCN=C(N)N[N+](=O)O)NCc1ccc2ccccc2c1)B1O[C@@H]2C[C@@H]3C[C@@H](C3(C)C)[C@]2(C)O1. The molecule has 1 saturated heterocycles. The molecule has 6 N–H and O–H groups in total. The molecule has 11 nitrogen and oxygen atoms in total. The number of carbonyl (C=O) groups excluding carboxylic acids is 1. The maximum absolute atomic E-state index is 13.9. The fourth-order valence-electron chi connectivity index (χ4n) is 7.64. The lowest BCUT2D eigenvalue weighted by Crippen LogP contribution is -2.65. The lowest BCUT2D eigenvalue weighted by atomic mass is 9.43. The van der Waals surface area contributed by atoms with Gasteiger partial charge in [-0.25, -0.2) is 10.2 Å². The molecular weight excluding hydrogens is 559 g/mol. The molecule has 0 unspecified atom stereocenters. The third-order valence-electron chi connectivity index (χ3n) is 10.2. The van der Waals surface area contributed by atoms with Crippen LogP contribution in [0.3, 0.4) is 0 Å². The van der Waals surface area contributed by atoms with Gasteiger partial charge in [-0.05, 0) is 90.0 Å². The Bertz CT molecular complexity index is 1390. The Morgan fingerprint density at radius 1 is 1.18 bits per heavy atom. The Kier molecular flexibility index (Phi) is 9.53. The lowest BCUT2D eigenvalue weighted by Gasteiger charge is -2.64. The predicted octanol–water partition coefficient (Wildman–Crippen LogP) is 3.86. The van der Waals surface area contributed by atoms with Crippen LogP contribution in [0.15, 0.2) is 47.5 Å². The number of hydrogen-bond acceptors (Lipinski definition) is 6. The van der Waals surface area contributed by atoms with Crippen LogP contribution in [0.5, 0.6) is 0 Å². The van der Waals surface area contributed by atoms with E-state index in [1.807, 2.05) is 17.6 Å². The number of guanidine groups is 1. The average Bonchev–Trinajstić information content (AvgIpc) is 3.33. The summed E-state index contributed by atoms with van der Waals surface area (Å²) in [5.74, 6) is 0.809. The summed E-state index contributed by atoms with van der Waals surface area (Å²) in [6.07, 6.45) is 3.94. The Hall–Kier alpha value is -3.22. The monoisotopic (exact) mass is 607 g/mol. The average molecular weight is 608 g/mol. The molecule has 3 aliphatic carbocycles. The zero-order valence-electron chi connectivity index (χ0n) is 26.6. The van der Waals surface area contributed by atoms with Gasteiger partial charge in [0.1, 0.15) is 4.91 Å². The fourth-order valence-corrected chi connectivity index (χ4v) is 7.64. The number of carbonyl (C=O) groups is 1. The standard InChI is InChI=1S/C32H47BN6O5/c1-20(2)15-28(33-43-27-18-24-17-26(31(24,3)4)32(27,5)44-33)37-29(40)25(11-8-14-35-30(34)38-39(41)42)36-19-21-12-13-22-9-6-7-10-23(22)16-21/h6-7,9-10,12-13,16,20,24-28,36H,8,11,14-15,17-19H2,1-5H3,(H4-,34,35,37,38,40,41,42)/p+1/t24-,25-,26-,27+,28-,32-/m0/s1. The van der Waals surface area contributed by atoms with Crippen LogP contribution in [-0.4, -0.2) is 59.5 Å². The Morgan fingerprint density at radius 2 is 1.93 bits per heavy atom. The molecule has 238 valence electrons. The molecule has 4 aliphatic rings. The Balaban J connectivity index is 1.28. The maximum Gasteiger partial charge on any atom is 0.481 e. The number of nitrogens with zero attached hydrogens (tertiary/aromatic N) is 2. The number of hydrogen-bond donors (Lipinski definition) is 5. The van der Waals surface area contributed by atoms with Crippen molar-refractivity contribution in [3.05, 3.63) is 52.9 Å². The molecule has 0 spiro atoms. The number of benzene rings is 2. The van der Waals surface area contributed by atoms with Gasteiger partial charge in [0.15, 0.2) is 0 Å². The van der Waals surface area contributed by atoms with Crippen LogP contribution in [0.1, 0.15) is 72.3 Å². The second-order valence-corrected chi connectivity index (χ2v) is 14.0. The molecule has 44 heavy (non-hydrogen) atoms. The number of rotatable bonds is 13. The van der Waals surface area contributed by atoms with E-state index in [-0.39, 0.29) is 41.5 Å². The first-order chi connectivity index (χ1) is 20.9. The molecular formula is C32H48BN6O5+. The van der Waals surface area contributed by atoms with Crippen LogP contribution in [0, 0.1) is 28.1 Å².